The SMILES string of the molecule is CCOC(=O)c1sc(N2C(=O)C(=O)C(=C(O)c3ccccc3)C2c2cccc(Oc3ccccc3)c2)nc1C. The summed E-state index contributed by atoms with van der Waals surface area (Å²) in [7, 11) is 0. The van der Waals surface area contributed by atoms with Gasteiger partial charge in [0.05, 0.1) is 23.9 Å². The van der Waals surface area contributed by atoms with Crippen molar-refractivity contribution in [2.24, 2.45) is 0 Å². The summed E-state index contributed by atoms with van der Waals surface area (Å²) in [4.78, 5) is 45.3. The number of hydrogen-bond acceptors (Lipinski definition) is 8. The fourth-order valence-corrected chi connectivity index (χ4v) is 5.33. The molecule has 1 saturated heterocycles. The number of esters is 1. The summed E-state index contributed by atoms with van der Waals surface area (Å²) in [6.07, 6.45) is 0. The van der Waals surface area contributed by atoms with Gasteiger partial charge >= 0.3 is 11.9 Å². The lowest BCUT2D eigenvalue weighted by molar-refractivity contribution is -0.132. The van der Waals surface area contributed by atoms with Crippen molar-refractivity contribution in [3.63, 3.8) is 0 Å². The molecule has 8 nitrogen and oxygen atoms in total. The van der Waals surface area contributed by atoms with E-state index >= 15 is 0 Å². The third-order valence-electron chi connectivity index (χ3n) is 6.10. The highest BCUT2D eigenvalue weighted by atomic mass is 32.1. The number of thiazole rings is 1. The van der Waals surface area contributed by atoms with Gasteiger partial charge in [-0.25, -0.2) is 9.78 Å². The predicted molar refractivity (Wildman–Crippen MR) is 147 cm³/mol. The molecule has 1 unspecified atom stereocenters. The van der Waals surface area contributed by atoms with Gasteiger partial charge in [-0.05, 0) is 43.7 Å². The predicted octanol–water partition coefficient (Wildman–Crippen LogP) is 6.05. The van der Waals surface area contributed by atoms with Crippen molar-refractivity contribution in [1.82, 2.24) is 4.98 Å². The van der Waals surface area contributed by atoms with E-state index in [1.165, 1.54) is 4.90 Å². The number of aromatic nitrogens is 1. The highest BCUT2D eigenvalue weighted by Gasteiger charge is 2.48. The Morgan fingerprint density at radius 3 is 2.33 bits per heavy atom. The minimum Gasteiger partial charge on any atom is -0.507 e. The van der Waals surface area contributed by atoms with Crippen LogP contribution in [-0.4, -0.2) is 34.4 Å². The summed E-state index contributed by atoms with van der Waals surface area (Å²) < 4.78 is 11.1. The van der Waals surface area contributed by atoms with E-state index in [0.717, 1.165) is 11.3 Å². The van der Waals surface area contributed by atoms with Gasteiger partial charge in [-0.3, -0.25) is 14.5 Å². The molecule has 1 aliphatic heterocycles. The van der Waals surface area contributed by atoms with Gasteiger partial charge in [0, 0.05) is 5.56 Å². The lowest BCUT2D eigenvalue weighted by atomic mass is 9.95. The molecule has 2 heterocycles. The topological polar surface area (TPSA) is 106 Å². The zero-order valence-electron chi connectivity index (χ0n) is 21.2. The van der Waals surface area contributed by atoms with Crippen LogP contribution in [0.25, 0.3) is 5.76 Å². The zero-order chi connectivity index (χ0) is 27.5. The number of anilines is 1. The Bertz CT molecular complexity index is 1580. The lowest BCUT2D eigenvalue weighted by Gasteiger charge is -2.23. The fraction of sp³-hybridized carbons (Fsp3) is 0.133. The molecule has 39 heavy (non-hydrogen) atoms. The Labute approximate surface area is 228 Å². The maximum absolute atomic E-state index is 13.5. The minimum absolute atomic E-state index is 0.0893. The summed E-state index contributed by atoms with van der Waals surface area (Å²) in [6, 6.07) is 23.7. The number of nitrogens with zero attached hydrogens (tertiary/aromatic N) is 2. The van der Waals surface area contributed by atoms with Crippen LogP contribution >= 0.6 is 11.3 Å². The van der Waals surface area contributed by atoms with Crippen LogP contribution in [0.15, 0.2) is 90.5 Å². The number of aliphatic hydroxyl groups excluding tert-OH is 1. The van der Waals surface area contributed by atoms with Gasteiger partial charge in [0.25, 0.3) is 5.78 Å². The molecular formula is C30H24N2O6S. The van der Waals surface area contributed by atoms with Gasteiger partial charge in [0.2, 0.25) is 0 Å². The van der Waals surface area contributed by atoms with Gasteiger partial charge in [0.1, 0.15) is 22.1 Å². The highest BCUT2D eigenvalue weighted by molar-refractivity contribution is 7.17. The molecule has 1 fully saturated rings. The highest BCUT2D eigenvalue weighted by Crippen LogP contribution is 2.44. The first-order valence-electron chi connectivity index (χ1n) is 12.2. The normalized spacial score (nSPS) is 16.4. The molecule has 0 spiro atoms. The van der Waals surface area contributed by atoms with Gasteiger partial charge in [-0.1, -0.05) is 72.0 Å². The van der Waals surface area contributed by atoms with Crippen LogP contribution in [-0.2, 0) is 14.3 Å². The molecule has 0 bridgehead atoms. The number of para-hydroxylation sites is 1. The molecule has 0 aliphatic carbocycles. The number of benzene rings is 3. The number of Topliss-reactive ketones (excluding diaryl/α,β-unsaturated/α-hetero) is 1. The molecule has 1 amide bonds. The Morgan fingerprint density at radius 2 is 1.64 bits per heavy atom. The first-order valence-corrected chi connectivity index (χ1v) is 13.0. The van der Waals surface area contributed by atoms with Crippen molar-refractivity contribution in [1.29, 1.82) is 0 Å². The molecule has 9 heteroatoms. The van der Waals surface area contributed by atoms with E-state index in [4.69, 9.17) is 9.47 Å². The largest absolute Gasteiger partial charge is 0.507 e. The smallest absolute Gasteiger partial charge is 0.350 e. The zero-order valence-corrected chi connectivity index (χ0v) is 22.0. The van der Waals surface area contributed by atoms with E-state index in [2.05, 4.69) is 4.98 Å². The van der Waals surface area contributed by atoms with Crippen molar-refractivity contribution in [3.8, 4) is 11.5 Å². The molecule has 1 aromatic heterocycles. The summed E-state index contributed by atoms with van der Waals surface area (Å²) >= 11 is 0.957. The first-order chi connectivity index (χ1) is 18.9. The van der Waals surface area contributed by atoms with E-state index in [1.807, 2.05) is 30.3 Å². The van der Waals surface area contributed by atoms with E-state index < -0.39 is 23.7 Å². The number of rotatable bonds is 7. The Kier molecular flexibility index (Phi) is 7.25. The number of aryl methyl sites for hydroxylation is 1. The Morgan fingerprint density at radius 1 is 0.974 bits per heavy atom. The van der Waals surface area contributed by atoms with Crippen LogP contribution in [0, 0.1) is 6.92 Å². The van der Waals surface area contributed by atoms with Gasteiger partial charge in [-0.15, -0.1) is 0 Å². The number of ketones is 1. The molecule has 5 rings (SSSR count). The minimum atomic E-state index is -1.02. The maximum atomic E-state index is 13.5. The summed E-state index contributed by atoms with van der Waals surface area (Å²) in [5.41, 5.74) is 1.19. The summed E-state index contributed by atoms with van der Waals surface area (Å²) in [5, 5.41) is 11.4. The van der Waals surface area contributed by atoms with E-state index in [0.29, 0.717) is 28.3 Å². The van der Waals surface area contributed by atoms with Crippen LogP contribution in [0.3, 0.4) is 0 Å². The van der Waals surface area contributed by atoms with Crippen molar-refractivity contribution in [3.05, 3.63) is 112 Å². The number of ether oxygens (including phenoxy) is 2. The van der Waals surface area contributed by atoms with Gasteiger partial charge in [0.15, 0.2) is 5.13 Å². The molecule has 0 radical (unpaired) electrons. The van der Waals surface area contributed by atoms with Crippen molar-refractivity contribution < 1.29 is 29.0 Å². The number of carbonyl (C=O) groups is 3. The summed E-state index contributed by atoms with van der Waals surface area (Å²) in [6.45, 7) is 3.51. The molecule has 196 valence electrons. The van der Waals surface area contributed by atoms with Crippen LogP contribution in [0.4, 0.5) is 5.13 Å². The van der Waals surface area contributed by atoms with Crippen molar-refractivity contribution >= 4 is 39.9 Å². The Hall–Kier alpha value is -4.76. The maximum Gasteiger partial charge on any atom is 0.350 e. The second-order valence-electron chi connectivity index (χ2n) is 8.65. The number of hydrogen-bond donors (Lipinski definition) is 1. The van der Waals surface area contributed by atoms with Crippen molar-refractivity contribution in [2.45, 2.75) is 19.9 Å². The van der Waals surface area contributed by atoms with Crippen molar-refractivity contribution in [2.75, 3.05) is 11.5 Å². The van der Waals surface area contributed by atoms with Gasteiger partial charge in [-0.2, -0.15) is 0 Å². The molecule has 3 aromatic carbocycles. The second kappa shape index (κ2) is 10.9. The standard InChI is InChI=1S/C30H24N2O6S/c1-3-37-29(36)27-18(2)31-30(39-27)32-24(20-13-10-16-22(17-20)38-21-14-8-5-9-15-21)23(26(34)28(32)35)25(33)19-11-6-4-7-12-19/h4-17,24,33H,3H2,1-2H3. The first kappa shape index (κ1) is 25.9. The Balaban J connectivity index is 1.66. The fourth-order valence-electron chi connectivity index (χ4n) is 4.34. The number of carbonyl (C=O) groups excluding carboxylic acids is 3. The molecule has 0 saturated carbocycles. The molecule has 4 aromatic rings. The second-order valence-corrected chi connectivity index (χ2v) is 9.63. The average Bonchev–Trinajstić information content (AvgIpc) is 3.46. The quantitative estimate of drug-likeness (QED) is 0.132. The van der Waals surface area contributed by atoms with Crippen LogP contribution in [0.2, 0.25) is 0 Å². The van der Waals surface area contributed by atoms with E-state index in [9.17, 15) is 19.5 Å². The number of aliphatic hydroxyl groups is 1. The van der Waals surface area contributed by atoms with Crippen LogP contribution in [0.1, 0.15) is 39.5 Å². The third kappa shape index (κ3) is 5.04. The molecule has 1 aliphatic rings. The van der Waals surface area contributed by atoms with Gasteiger partial charge < -0.3 is 14.6 Å². The van der Waals surface area contributed by atoms with Crippen LogP contribution < -0.4 is 9.64 Å². The summed E-state index contributed by atoms with van der Waals surface area (Å²) in [5.74, 6) is -1.50. The van der Waals surface area contributed by atoms with Crippen LogP contribution in [0.5, 0.6) is 11.5 Å². The third-order valence-corrected chi connectivity index (χ3v) is 7.23. The van der Waals surface area contributed by atoms with E-state index in [-0.39, 0.29) is 27.9 Å². The van der Waals surface area contributed by atoms with E-state index in [1.54, 1.807) is 68.4 Å². The lowest BCUT2D eigenvalue weighted by Crippen LogP contribution is -2.29. The monoisotopic (exact) mass is 540 g/mol. The molecule has 1 N–H and O–H groups in total. The average molecular weight is 541 g/mol. The molecular weight excluding hydrogens is 516 g/mol. The molecule has 1 atom stereocenters. The number of amides is 1.